The zero-order valence-electron chi connectivity index (χ0n) is 14.3. The van der Waals surface area contributed by atoms with Gasteiger partial charge in [-0.3, -0.25) is 4.79 Å². The van der Waals surface area contributed by atoms with Gasteiger partial charge in [0.1, 0.15) is 5.01 Å². The molecule has 0 saturated heterocycles. The number of aromatic nitrogens is 1. The second-order valence-electron chi connectivity index (χ2n) is 5.80. The van der Waals surface area contributed by atoms with Gasteiger partial charge in [0, 0.05) is 27.0 Å². The van der Waals surface area contributed by atoms with E-state index in [1.54, 1.807) is 45.8 Å². The lowest BCUT2D eigenvalue weighted by atomic mass is 10.3. The summed E-state index contributed by atoms with van der Waals surface area (Å²) < 4.78 is 0. The molecule has 0 bridgehead atoms. The predicted molar refractivity (Wildman–Crippen MR) is 118 cm³/mol. The highest BCUT2D eigenvalue weighted by atomic mass is 32.2. The van der Waals surface area contributed by atoms with Gasteiger partial charge < -0.3 is 5.32 Å². The number of thiazole rings is 1. The molecule has 4 aromatic rings. The van der Waals surface area contributed by atoms with Crippen LogP contribution in [-0.2, 0) is 17.0 Å². The van der Waals surface area contributed by atoms with Crippen LogP contribution >= 0.6 is 45.8 Å². The summed E-state index contributed by atoms with van der Waals surface area (Å²) in [5.74, 6) is 0.854. The third-order valence-electron chi connectivity index (χ3n) is 3.80. The number of nitrogens with one attached hydrogen (secondary N) is 1. The Morgan fingerprint density at radius 2 is 1.89 bits per heavy atom. The van der Waals surface area contributed by atoms with Crippen LogP contribution in [0.2, 0.25) is 0 Å². The zero-order chi connectivity index (χ0) is 18.5. The molecule has 0 unspecified atom stereocenters. The van der Waals surface area contributed by atoms with E-state index in [0.29, 0.717) is 0 Å². The fraction of sp³-hybridized carbons (Fsp3) is 0.100. The number of nitrogens with zero attached hydrogens (tertiary/aromatic N) is 1. The Morgan fingerprint density at radius 1 is 1.04 bits per heavy atom. The van der Waals surface area contributed by atoms with Crippen LogP contribution in [0.15, 0.2) is 68.2 Å². The van der Waals surface area contributed by atoms with Crippen LogP contribution in [0.1, 0.15) is 11.3 Å². The number of carbonyl (C=O) groups is 1. The Morgan fingerprint density at radius 3 is 2.70 bits per heavy atom. The molecule has 0 atom stereocenters. The maximum atomic E-state index is 12.5. The van der Waals surface area contributed by atoms with E-state index in [2.05, 4.69) is 32.5 Å². The highest BCUT2D eigenvalue weighted by molar-refractivity contribution is 7.98. The van der Waals surface area contributed by atoms with Crippen LogP contribution in [0, 0.1) is 0 Å². The van der Waals surface area contributed by atoms with E-state index >= 15 is 0 Å². The monoisotopic (exact) mass is 428 g/mol. The van der Waals surface area contributed by atoms with Gasteiger partial charge in [-0.15, -0.1) is 23.1 Å². The molecule has 3 nitrogen and oxygen atoms in total. The minimum Gasteiger partial charge on any atom is -0.325 e. The summed E-state index contributed by atoms with van der Waals surface area (Å²) in [5.41, 5.74) is 4.08. The topological polar surface area (TPSA) is 42.0 Å². The van der Waals surface area contributed by atoms with Crippen LogP contribution in [0.5, 0.6) is 0 Å². The normalized spacial score (nSPS) is 10.8. The Balaban J connectivity index is 1.39. The summed E-state index contributed by atoms with van der Waals surface area (Å²) >= 11 is 6.67. The van der Waals surface area contributed by atoms with Gasteiger partial charge in [-0.1, -0.05) is 12.1 Å². The third kappa shape index (κ3) is 4.87. The van der Waals surface area contributed by atoms with Gasteiger partial charge in [0.25, 0.3) is 0 Å². The molecule has 27 heavy (non-hydrogen) atoms. The molecule has 0 saturated carbocycles. The Bertz CT molecular complexity index is 1010. The van der Waals surface area contributed by atoms with E-state index in [1.807, 2.05) is 41.1 Å². The van der Waals surface area contributed by atoms with E-state index < -0.39 is 0 Å². The number of amides is 1. The minimum atomic E-state index is -0.0410. The smallest absolute Gasteiger partial charge is 0.230 e. The molecule has 0 radical (unpaired) electrons. The average Bonchev–Trinajstić information content (AvgIpc) is 3.43. The first-order valence-electron chi connectivity index (χ1n) is 8.27. The Labute approximate surface area is 174 Å². The summed E-state index contributed by atoms with van der Waals surface area (Å²) in [6, 6.07) is 12.1. The first-order chi connectivity index (χ1) is 13.3. The summed E-state index contributed by atoms with van der Waals surface area (Å²) in [4.78, 5) is 18.2. The van der Waals surface area contributed by atoms with Gasteiger partial charge >= 0.3 is 0 Å². The highest BCUT2D eigenvalue weighted by Gasteiger charge is 2.11. The molecule has 0 aliphatic rings. The van der Waals surface area contributed by atoms with Gasteiger partial charge in [-0.25, -0.2) is 4.98 Å². The number of benzene rings is 1. The summed E-state index contributed by atoms with van der Waals surface area (Å²) in [5, 5.41) is 14.3. The van der Waals surface area contributed by atoms with Crippen molar-refractivity contribution in [2.45, 2.75) is 17.1 Å². The van der Waals surface area contributed by atoms with Crippen molar-refractivity contribution in [2.75, 3.05) is 5.32 Å². The van der Waals surface area contributed by atoms with Crippen molar-refractivity contribution in [3.8, 4) is 10.6 Å². The van der Waals surface area contributed by atoms with Crippen molar-refractivity contribution in [3.63, 3.8) is 0 Å². The second kappa shape index (κ2) is 8.84. The molecule has 0 aliphatic heterocycles. The van der Waals surface area contributed by atoms with Crippen molar-refractivity contribution < 1.29 is 4.79 Å². The highest BCUT2D eigenvalue weighted by Crippen LogP contribution is 2.31. The van der Waals surface area contributed by atoms with Crippen molar-refractivity contribution in [3.05, 3.63) is 74.6 Å². The standard InChI is InChI=1S/C20H16N2OS4/c23-19(9-16-13-27-20(21-16)15-6-8-25-12-15)22-17-3-1-2-4-18(17)26-11-14-5-7-24-10-14/h1-8,10,12-13H,9,11H2,(H,22,23). The molecule has 7 heteroatoms. The molecule has 0 spiro atoms. The largest absolute Gasteiger partial charge is 0.325 e. The third-order valence-corrected chi connectivity index (χ3v) is 7.30. The SMILES string of the molecule is O=C(Cc1csc(-c2ccsc2)n1)Nc1ccccc1SCc1ccsc1. The lowest BCUT2D eigenvalue weighted by Gasteiger charge is -2.10. The van der Waals surface area contributed by atoms with Crippen LogP contribution in [-0.4, -0.2) is 10.9 Å². The number of hydrogen-bond acceptors (Lipinski definition) is 6. The summed E-state index contributed by atoms with van der Waals surface area (Å²) in [7, 11) is 0. The lowest BCUT2D eigenvalue weighted by Crippen LogP contribution is -2.15. The van der Waals surface area contributed by atoms with Gasteiger partial charge in [0.2, 0.25) is 5.91 Å². The van der Waals surface area contributed by atoms with E-state index in [9.17, 15) is 4.79 Å². The zero-order valence-corrected chi connectivity index (χ0v) is 17.5. The molecule has 1 amide bonds. The van der Waals surface area contributed by atoms with Crippen LogP contribution in [0.3, 0.4) is 0 Å². The van der Waals surface area contributed by atoms with Gasteiger partial charge in [-0.05, 0) is 46.0 Å². The van der Waals surface area contributed by atoms with Crippen molar-refractivity contribution in [2.24, 2.45) is 0 Å². The van der Waals surface area contributed by atoms with E-state index in [1.165, 1.54) is 5.56 Å². The number of hydrogen-bond donors (Lipinski definition) is 1. The number of thioether (sulfide) groups is 1. The molecule has 1 N–H and O–H groups in total. The van der Waals surface area contributed by atoms with Gasteiger partial charge in [-0.2, -0.15) is 22.7 Å². The van der Waals surface area contributed by atoms with Crippen LogP contribution in [0.25, 0.3) is 10.6 Å². The first-order valence-corrected chi connectivity index (χ1v) is 12.0. The summed E-state index contributed by atoms with van der Waals surface area (Å²) in [6.07, 6.45) is 0.282. The maximum absolute atomic E-state index is 12.5. The lowest BCUT2D eigenvalue weighted by molar-refractivity contribution is -0.115. The molecule has 4 rings (SSSR count). The molecule has 0 aliphatic carbocycles. The number of rotatable bonds is 7. The number of anilines is 1. The van der Waals surface area contributed by atoms with Crippen molar-refractivity contribution in [1.82, 2.24) is 4.98 Å². The molecule has 1 aromatic carbocycles. The minimum absolute atomic E-state index is 0.0410. The van der Waals surface area contributed by atoms with E-state index in [4.69, 9.17) is 0 Å². The van der Waals surface area contributed by atoms with Gasteiger partial charge in [0.15, 0.2) is 0 Å². The Kier molecular flexibility index (Phi) is 6.03. The number of para-hydroxylation sites is 1. The van der Waals surface area contributed by atoms with Crippen molar-refractivity contribution in [1.29, 1.82) is 0 Å². The molecule has 136 valence electrons. The average molecular weight is 429 g/mol. The van der Waals surface area contributed by atoms with Gasteiger partial charge in [0.05, 0.1) is 17.8 Å². The quantitative estimate of drug-likeness (QED) is 0.346. The molecular weight excluding hydrogens is 413 g/mol. The fourth-order valence-electron chi connectivity index (χ4n) is 2.50. The molecular formula is C20H16N2OS4. The number of carbonyl (C=O) groups excluding carboxylic acids is 1. The molecule has 0 fully saturated rings. The summed E-state index contributed by atoms with van der Waals surface area (Å²) in [6.45, 7) is 0. The first kappa shape index (κ1) is 18.4. The Hall–Kier alpha value is -1.93. The van der Waals surface area contributed by atoms with Crippen LogP contribution in [0.4, 0.5) is 5.69 Å². The van der Waals surface area contributed by atoms with E-state index in [0.717, 1.165) is 32.6 Å². The fourth-order valence-corrected chi connectivity index (χ4v) is 5.75. The van der Waals surface area contributed by atoms with Crippen molar-refractivity contribution >= 4 is 57.4 Å². The molecule has 3 aromatic heterocycles. The molecule has 3 heterocycles. The van der Waals surface area contributed by atoms with Crippen LogP contribution < -0.4 is 5.32 Å². The second-order valence-corrected chi connectivity index (χ2v) is 9.23. The van der Waals surface area contributed by atoms with E-state index in [-0.39, 0.29) is 12.3 Å². The predicted octanol–water partition coefficient (Wildman–Crippen LogP) is 6.41. The maximum Gasteiger partial charge on any atom is 0.230 e. The number of thiophene rings is 2.